The third-order valence-electron chi connectivity index (χ3n) is 14.9. The maximum absolute atomic E-state index is 10.5. The Balaban J connectivity index is 0.000000158. The SMILES string of the molecule is CC(=NC1CCCCC1)c1cccc(C)c1O.Cc1cc(C)cc(N=Cc2cccc(C)c2O)c1.Cc1cccc(C(=NC2CCCCC2)c2ccccc2)c1O.Oc1c(Cl)cccc1C=Nc1ccccc1.Oc1ccccc1C=Nc1ccccn1. The van der Waals surface area contributed by atoms with Crippen molar-refractivity contribution in [3.63, 3.8) is 0 Å². The summed E-state index contributed by atoms with van der Waals surface area (Å²) in [6.07, 6.45) is 19.1. The van der Waals surface area contributed by atoms with Crippen LogP contribution in [0.3, 0.4) is 0 Å². The van der Waals surface area contributed by atoms with Crippen molar-refractivity contribution in [1.82, 2.24) is 4.98 Å². The molecule has 0 amide bonds. The molecule has 0 aliphatic heterocycles. The highest BCUT2D eigenvalue weighted by Crippen LogP contribution is 2.30. The van der Waals surface area contributed by atoms with E-state index in [1.165, 1.54) is 62.5 Å². The van der Waals surface area contributed by atoms with E-state index in [4.69, 9.17) is 21.6 Å². The molecule has 0 radical (unpaired) electrons. The van der Waals surface area contributed by atoms with Gasteiger partial charge >= 0.3 is 0 Å². The Bertz CT molecular complexity index is 3780. The molecule has 2 aliphatic carbocycles. The number of phenols is 5. The first-order valence-corrected chi connectivity index (χ1v) is 30.5. The topological polar surface area (TPSA) is 176 Å². The normalized spacial score (nSPS) is 13.8. The minimum atomic E-state index is 0.0591. The van der Waals surface area contributed by atoms with E-state index in [0.29, 0.717) is 51.3 Å². The summed E-state index contributed by atoms with van der Waals surface area (Å²) in [4.78, 5) is 26.6. The van der Waals surface area contributed by atoms with Crippen LogP contribution in [-0.4, -0.2) is 72.7 Å². The average Bonchev–Trinajstić information content (AvgIpc) is 3.73. The van der Waals surface area contributed by atoms with Crippen LogP contribution in [-0.2, 0) is 0 Å². The molecule has 11 nitrogen and oxygen atoms in total. The second-order valence-electron chi connectivity index (χ2n) is 22.0. The summed E-state index contributed by atoms with van der Waals surface area (Å²) in [7, 11) is 0. The van der Waals surface area contributed by atoms with Crippen molar-refractivity contribution >= 4 is 58.9 Å². The van der Waals surface area contributed by atoms with Crippen LogP contribution < -0.4 is 0 Å². The maximum atomic E-state index is 10.5. The molecule has 0 atom stereocenters. The maximum Gasteiger partial charge on any atom is 0.151 e. The molecule has 12 heteroatoms. The lowest BCUT2D eigenvalue weighted by Gasteiger charge is -2.20. The molecule has 0 unspecified atom stereocenters. The fraction of sp³-hybridized carbons (Fsp3) is 0.237. The van der Waals surface area contributed by atoms with Gasteiger partial charge in [0.15, 0.2) is 5.82 Å². The van der Waals surface area contributed by atoms with Crippen LogP contribution in [0, 0.1) is 34.6 Å². The molecule has 452 valence electrons. The Morgan fingerprint density at radius 2 is 0.909 bits per heavy atom. The van der Waals surface area contributed by atoms with Crippen LogP contribution in [0.25, 0.3) is 0 Å². The third kappa shape index (κ3) is 20.9. The second-order valence-corrected chi connectivity index (χ2v) is 22.4. The van der Waals surface area contributed by atoms with Gasteiger partial charge in [-0.15, -0.1) is 0 Å². The molecule has 1 aromatic heterocycles. The van der Waals surface area contributed by atoms with Gasteiger partial charge < -0.3 is 25.5 Å². The Kier molecular flexibility index (Phi) is 26.0. The van der Waals surface area contributed by atoms with Gasteiger partial charge in [-0.05, 0) is 174 Å². The number of aromatic nitrogens is 1. The van der Waals surface area contributed by atoms with Crippen LogP contribution >= 0.6 is 11.6 Å². The van der Waals surface area contributed by atoms with E-state index in [2.05, 4.69) is 52.0 Å². The number of aliphatic imine (C=N–C) groups is 5. The average molecular weight is 1190 g/mol. The second kappa shape index (κ2) is 34.6. The van der Waals surface area contributed by atoms with Gasteiger partial charge in [0.05, 0.1) is 34.2 Å². The molecule has 11 rings (SSSR count). The quantitative estimate of drug-likeness (QED) is 0.0805. The van der Waals surface area contributed by atoms with E-state index in [0.717, 1.165) is 74.6 Å². The number of aryl methyl sites for hydroxylation is 5. The summed E-state index contributed by atoms with van der Waals surface area (Å²) in [5.74, 6) is 1.93. The molecule has 0 saturated heterocycles. The Labute approximate surface area is 524 Å². The zero-order valence-electron chi connectivity index (χ0n) is 51.3. The first kappa shape index (κ1) is 66.1. The zero-order chi connectivity index (χ0) is 62.6. The van der Waals surface area contributed by atoms with E-state index in [1.807, 2.05) is 161 Å². The summed E-state index contributed by atoms with van der Waals surface area (Å²) >= 11 is 5.78. The summed E-state index contributed by atoms with van der Waals surface area (Å²) in [5, 5.41) is 49.8. The van der Waals surface area contributed by atoms with Crippen molar-refractivity contribution in [3.05, 3.63) is 267 Å². The molecule has 2 aliphatic rings. The fourth-order valence-corrected chi connectivity index (χ4v) is 10.2. The standard InChI is InChI=1S/C20H23NO.C16H17NO.C15H21NO.C13H10ClNO.C12H10N2O/c1-15-9-8-14-18(20(15)22)19(16-10-4-2-5-11-16)21-17-12-6-3-7-13-17;1-11-7-12(2)9-15(8-11)17-10-14-6-4-5-13(3)16(14)18;1-11-7-6-10-14(15(11)17)12(2)16-13-8-4-3-5-9-13;14-12-8-4-5-10(13(12)16)9-15-11-6-2-1-3-7-11;15-11-6-2-1-5-10(11)9-14-12-7-3-4-8-13-12/h2,4-5,8-11,14,17,22H,3,6-7,12-13H2,1H3;4-10,18H,1-3H3;6-7,10,13,17H,3-5,8-9H2,1-2H3;1-9,16H;1-9,15H. The Hall–Kier alpha value is -9.45. The van der Waals surface area contributed by atoms with Gasteiger partial charge in [-0.3, -0.25) is 20.0 Å². The monoisotopic (exact) mass is 1190 g/mol. The number of aromatic hydroxyl groups is 5. The highest BCUT2D eigenvalue weighted by atomic mass is 35.5. The molecular weight excluding hydrogens is 1110 g/mol. The van der Waals surface area contributed by atoms with Crippen LogP contribution in [0.5, 0.6) is 28.7 Å². The van der Waals surface area contributed by atoms with Gasteiger partial charge in [-0.25, -0.2) is 9.98 Å². The van der Waals surface area contributed by atoms with Crippen molar-refractivity contribution in [1.29, 1.82) is 0 Å². The molecule has 2 saturated carbocycles. The number of phenolic OH excluding ortho intramolecular Hbond substituents is 5. The molecule has 5 N–H and O–H groups in total. The number of halogens is 1. The minimum Gasteiger partial charge on any atom is -0.507 e. The molecule has 2 fully saturated rings. The molecule has 0 bridgehead atoms. The number of rotatable bonds is 11. The van der Waals surface area contributed by atoms with Crippen molar-refractivity contribution < 1.29 is 25.5 Å². The van der Waals surface area contributed by atoms with Crippen LogP contribution in [0.15, 0.2) is 225 Å². The van der Waals surface area contributed by atoms with Crippen molar-refractivity contribution in [2.45, 2.75) is 118 Å². The van der Waals surface area contributed by atoms with Gasteiger partial charge in [-0.1, -0.05) is 165 Å². The molecule has 0 spiro atoms. The largest absolute Gasteiger partial charge is 0.507 e. The number of hydrogen-bond donors (Lipinski definition) is 5. The summed E-state index contributed by atoms with van der Waals surface area (Å²) in [6, 6.07) is 61.8. The molecule has 9 aromatic rings. The number of para-hydroxylation sites is 6. The van der Waals surface area contributed by atoms with Crippen molar-refractivity contribution in [3.8, 4) is 28.7 Å². The minimum absolute atomic E-state index is 0.0591. The predicted molar refractivity (Wildman–Crippen MR) is 366 cm³/mol. The van der Waals surface area contributed by atoms with Crippen LogP contribution in [0.4, 0.5) is 17.2 Å². The molecule has 88 heavy (non-hydrogen) atoms. The Morgan fingerprint density at radius 3 is 1.51 bits per heavy atom. The first-order valence-electron chi connectivity index (χ1n) is 30.1. The molecule has 1 heterocycles. The summed E-state index contributed by atoms with van der Waals surface area (Å²) in [5.41, 5.74) is 13.5. The fourth-order valence-electron chi connectivity index (χ4n) is 10.1. The van der Waals surface area contributed by atoms with Gasteiger partial charge in [-0.2, -0.15) is 0 Å². The van der Waals surface area contributed by atoms with E-state index < -0.39 is 0 Å². The van der Waals surface area contributed by atoms with Gasteiger partial charge in [0, 0.05) is 63.9 Å². The van der Waals surface area contributed by atoms with E-state index in [-0.39, 0.29) is 11.5 Å². The number of benzene rings is 8. The lowest BCUT2D eigenvalue weighted by atomic mass is 9.94. The number of hydrogen-bond acceptors (Lipinski definition) is 11. The summed E-state index contributed by atoms with van der Waals surface area (Å²) in [6.45, 7) is 11.8. The number of pyridine rings is 1. The number of nitrogens with zero attached hydrogens (tertiary/aromatic N) is 6. The van der Waals surface area contributed by atoms with E-state index in [1.54, 1.807) is 67.3 Å². The zero-order valence-corrected chi connectivity index (χ0v) is 52.1. The van der Waals surface area contributed by atoms with Gasteiger partial charge in [0.25, 0.3) is 0 Å². The smallest absolute Gasteiger partial charge is 0.151 e. The first-order chi connectivity index (χ1) is 42.6. The summed E-state index contributed by atoms with van der Waals surface area (Å²) < 4.78 is 0. The molecular formula is C76H81ClN6O5. The predicted octanol–water partition coefficient (Wildman–Crippen LogP) is 19.1. The highest BCUT2D eigenvalue weighted by molar-refractivity contribution is 6.32. The van der Waals surface area contributed by atoms with Crippen molar-refractivity contribution in [2.24, 2.45) is 25.0 Å². The van der Waals surface area contributed by atoms with E-state index in [9.17, 15) is 25.5 Å². The molecule has 8 aromatic carbocycles. The Morgan fingerprint density at radius 1 is 0.432 bits per heavy atom. The third-order valence-corrected chi connectivity index (χ3v) is 15.2. The van der Waals surface area contributed by atoms with Crippen molar-refractivity contribution in [2.75, 3.05) is 0 Å². The highest BCUT2D eigenvalue weighted by Gasteiger charge is 2.18. The lowest BCUT2D eigenvalue weighted by molar-refractivity contribution is 0.443. The lowest BCUT2D eigenvalue weighted by Crippen LogP contribution is -2.15. The van der Waals surface area contributed by atoms with Gasteiger partial charge in [0.1, 0.15) is 28.7 Å². The van der Waals surface area contributed by atoms with Gasteiger partial charge in [0.2, 0.25) is 0 Å². The van der Waals surface area contributed by atoms with E-state index >= 15 is 0 Å². The van der Waals surface area contributed by atoms with Crippen LogP contribution in [0.1, 0.15) is 132 Å². The van der Waals surface area contributed by atoms with Crippen LogP contribution in [0.2, 0.25) is 5.02 Å².